The van der Waals surface area contributed by atoms with Crippen LogP contribution in [0.25, 0.3) is 0 Å². The van der Waals surface area contributed by atoms with Crippen LogP contribution in [0.2, 0.25) is 0 Å². The summed E-state index contributed by atoms with van der Waals surface area (Å²) >= 11 is 0. The van der Waals surface area contributed by atoms with Crippen molar-refractivity contribution in [3.05, 3.63) is 60.4 Å². The monoisotopic (exact) mass is 296 g/mol. The molecule has 1 aliphatic carbocycles. The second-order valence-electron chi connectivity index (χ2n) is 6.16. The van der Waals surface area contributed by atoms with E-state index in [4.69, 9.17) is 0 Å². The molecule has 1 N–H and O–H groups in total. The minimum Gasteiger partial charge on any atom is -0.353 e. The van der Waals surface area contributed by atoms with Gasteiger partial charge in [0.15, 0.2) is 0 Å². The first kappa shape index (κ1) is 14.9. The highest BCUT2D eigenvalue weighted by atomic mass is 16.1. The van der Waals surface area contributed by atoms with Crippen LogP contribution in [0, 0.1) is 0 Å². The molecule has 0 bridgehead atoms. The quantitative estimate of drug-likeness (QED) is 0.891. The van der Waals surface area contributed by atoms with E-state index in [1.807, 2.05) is 42.7 Å². The first-order valence-electron chi connectivity index (χ1n) is 8.30. The van der Waals surface area contributed by atoms with Gasteiger partial charge in [0, 0.05) is 18.4 Å². The van der Waals surface area contributed by atoms with E-state index in [2.05, 4.69) is 22.0 Å². The molecule has 0 radical (unpaired) electrons. The second kappa shape index (κ2) is 7.30. The van der Waals surface area contributed by atoms with Gasteiger partial charge in [-0.05, 0) is 30.5 Å². The molecule has 1 aromatic heterocycles. The standard InChI is InChI=1S/C19H24N2O/c22-19(20-17-11-5-2-6-12-17)15-18(21-13-7-8-14-21)16-9-3-1-4-10-16/h1,3-4,7-10,13-14,17-18H,2,5-6,11-12,15H2,(H,20,22)/t18-/m1/s1. The third kappa shape index (κ3) is 3.79. The normalized spacial score (nSPS) is 17.1. The summed E-state index contributed by atoms with van der Waals surface area (Å²) < 4.78 is 2.12. The molecule has 1 aliphatic rings. The van der Waals surface area contributed by atoms with Crippen molar-refractivity contribution >= 4 is 5.91 Å². The second-order valence-corrected chi connectivity index (χ2v) is 6.16. The van der Waals surface area contributed by atoms with E-state index in [1.54, 1.807) is 0 Å². The zero-order valence-electron chi connectivity index (χ0n) is 12.9. The molecule has 1 atom stereocenters. The van der Waals surface area contributed by atoms with Crippen LogP contribution >= 0.6 is 0 Å². The van der Waals surface area contributed by atoms with Crippen LogP contribution in [0.3, 0.4) is 0 Å². The van der Waals surface area contributed by atoms with Crippen LogP contribution in [0.5, 0.6) is 0 Å². The number of nitrogens with one attached hydrogen (secondary N) is 1. The Balaban J connectivity index is 1.69. The number of rotatable bonds is 5. The summed E-state index contributed by atoms with van der Waals surface area (Å²) in [6.45, 7) is 0. The average Bonchev–Trinajstić information content (AvgIpc) is 3.08. The number of amides is 1. The van der Waals surface area contributed by atoms with Gasteiger partial charge in [0.2, 0.25) is 5.91 Å². The maximum Gasteiger partial charge on any atom is 0.222 e. The number of hydrogen-bond acceptors (Lipinski definition) is 1. The van der Waals surface area contributed by atoms with Gasteiger partial charge in [-0.1, -0.05) is 49.6 Å². The minimum absolute atomic E-state index is 0.0693. The molecule has 0 spiro atoms. The lowest BCUT2D eigenvalue weighted by Crippen LogP contribution is -2.37. The Bertz CT molecular complexity index is 571. The SMILES string of the molecule is O=C(C[C@H](c1ccccc1)n1cccc1)NC1CCCCC1. The molecule has 1 fully saturated rings. The number of benzene rings is 1. The minimum atomic E-state index is 0.0693. The lowest BCUT2D eigenvalue weighted by atomic mass is 9.95. The Morgan fingerprint density at radius 3 is 2.41 bits per heavy atom. The molecule has 0 aliphatic heterocycles. The third-order valence-corrected chi connectivity index (χ3v) is 4.52. The van der Waals surface area contributed by atoms with Crippen molar-refractivity contribution in [3.8, 4) is 0 Å². The highest BCUT2D eigenvalue weighted by molar-refractivity contribution is 5.77. The summed E-state index contributed by atoms with van der Waals surface area (Å²) in [5, 5.41) is 3.23. The molecule has 0 unspecified atom stereocenters. The van der Waals surface area contributed by atoms with Crippen molar-refractivity contribution < 1.29 is 4.79 Å². The molecular formula is C19H24N2O. The van der Waals surface area contributed by atoms with Crippen LogP contribution in [0.4, 0.5) is 0 Å². The molecule has 1 saturated carbocycles. The fraction of sp³-hybridized carbons (Fsp3) is 0.421. The van der Waals surface area contributed by atoms with Crippen LogP contribution in [0.1, 0.15) is 50.1 Å². The van der Waals surface area contributed by atoms with Gasteiger partial charge < -0.3 is 9.88 Å². The van der Waals surface area contributed by atoms with Crippen molar-refractivity contribution in [1.82, 2.24) is 9.88 Å². The number of hydrogen-bond donors (Lipinski definition) is 1. The van der Waals surface area contributed by atoms with Crippen molar-refractivity contribution in [2.45, 2.75) is 50.6 Å². The first-order valence-corrected chi connectivity index (χ1v) is 8.30. The van der Waals surface area contributed by atoms with Crippen LogP contribution in [-0.4, -0.2) is 16.5 Å². The molecule has 1 heterocycles. The van der Waals surface area contributed by atoms with Gasteiger partial charge in [0.05, 0.1) is 12.5 Å². The smallest absolute Gasteiger partial charge is 0.222 e. The zero-order valence-corrected chi connectivity index (χ0v) is 12.9. The lowest BCUT2D eigenvalue weighted by Gasteiger charge is -2.25. The molecule has 3 rings (SSSR count). The summed E-state index contributed by atoms with van der Waals surface area (Å²) in [6.07, 6.45) is 10.6. The fourth-order valence-corrected chi connectivity index (χ4v) is 3.34. The summed E-state index contributed by atoms with van der Waals surface area (Å²) in [5.74, 6) is 0.162. The van der Waals surface area contributed by atoms with E-state index in [-0.39, 0.29) is 11.9 Å². The highest BCUT2D eigenvalue weighted by Gasteiger charge is 2.20. The average molecular weight is 296 g/mol. The molecule has 3 nitrogen and oxygen atoms in total. The van der Waals surface area contributed by atoms with Gasteiger partial charge in [-0.15, -0.1) is 0 Å². The Morgan fingerprint density at radius 1 is 1.05 bits per heavy atom. The van der Waals surface area contributed by atoms with Gasteiger partial charge in [-0.2, -0.15) is 0 Å². The van der Waals surface area contributed by atoms with Crippen LogP contribution in [0.15, 0.2) is 54.9 Å². The van der Waals surface area contributed by atoms with Gasteiger partial charge in [0.25, 0.3) is 0 Å². The summed E-state index contributed by atoms with van der Waals surface area (Å²) in [4.78, 5) is 12.5. The molecule has 1 amide bonds. The van der Waals surface area contributed by atoms with E-state index in [0.717, 1.165) is 12.8 Å². The van der Waals surface area contributed by atoms with E-state index < -0.39 is 0 Å². The summed E-state index contributed by atoms with van der Waals surface area (Å²) in [5.41, 5.74) is 1.18. The van der Waals surface area contributed by atoms with Crippen LogP contribution < -0.4 is 5.32 Å². The number of nitrogens with zero attached hydrogens (tertiary/aromatic N) is 1. The first-order chi connectivity index (χ1) is 10.8. The van der Waals surface area contributed by atoms with Gasteiger partial charge in [0.1, 0.15) is 0 Å². The highest BCUT2D eigenvalue weighted by Crippen LogP contribution is 2.23. The predicted molar refractivity (Wildman–Crippen MR) is 88.6 cm³/mol. The third-order valence-electron chi connectivity index (χ3n) is 4.52. The van der Waals surface area contributed by atoms with Gasteiger partial charge in [-0.3, -0.25) is 4.79 Å². The Kier molecular flexibility index (Phi) is 4.94. The van der Waals surface area contributed by atoms with Crippen molar-refractivity contribution in [2.75, 3.05) is 0 Å². The number of carbonyl (C=O) groups is 1. The van der Waals surface area contributed by atoms with E-state index in [9.17, 15) is 4.79 Å². The molecule has 2 aromatic rings. The Labute approximate surface area is 132 Å². The summed E-state index contributed by atoms with van der Waals surface area (Å²) in [7, 11) is 0. The fourth-order valence-electron chi connectivity index (χ4n) is 3.34. The maximum absolute atomic E-state index is 12.5. The van der Waals surface area contributed by atoms with E-state index >= 15 is 0 Å². The zero-order chi connectivity index (χ0) is 15.2. The Morgan fingerprint density at radius 2 is 1.73 bits per heavy atom. The lowest BCUT2D eigenvalue weighted by molar-refractivity contribution is -0.122. The van der Waals surface area contributed by atoms with E-state index in [1.165, 1.54) is 24.8 Å². The predicted octanol–water partition coefficient (Wildman–Crippen LogP) is 3.92. The van der Waals surface area contributed by atoms with Gasteiger partial charge >= 0.3 is 0 Å². The van der Waals surface area contributed by atoms with Gasteiger partial charge in [-0.25, -0.2) is 0 Å². The van der Waals surface area contributed by atoms with Crippen molar-refractivity contribution in [3.63, 3.8) is 0 Å². The van der Waals surface area contributed by atoms with E-state index in [0.29, 0.717) is 12.5 Å². The molecule has 116 valence electrons. The molecule has 22 heavy (non-hydrogen) atoms. The van der Waals surface area contributed by atoms with Crippen LogP contribution in [-0.2, 0) is 4.79 Å². The maximum atomic E-state index is 12.5. The summed E-state index contributed by atoms with van der Waals surface area (Å²) in [6, 6.07) is 14.7. The largest absolute Gasteiger partial charge is 0.353 e. The molecular weight excluding hydrogens is 272 g/mol. The molecule has 0 saturated heterocycles. The number of carbonyl (C=O) groups excluding carboxylic acids is 1. The van der Waals surface area contributed by atoms with Crippen molar-refractivity contribution in [1.29, 1.82) is 0 Å². The molecule has 3 heteroatoms. The topological polar surface area (TPSA) is 34.0 Å². The Hall–Kier alpha value is -2.03. The molecule has 1 aromatic carbocycles. The number of aromatic nitrogens is 1. The van der Waals surface area contributed by atoms with Crippen molar-refractivity contribution in [2.24, 2.45) is 0 Å².